The van der Waals surface area contributed by atoms with E-state index in [0.717, 1.165) is 12.1 Å². The van der Waals surface area contributed by atoms with E-state index in [9.17, 15) is 9.90 Å². The lowest BCUT2D eigenvalue weighted by Gasteiger charge is -2.26. The number of aromatic nitrogens is 1. The van der Waals surface area contributed by atoms with Gasteiger partial charge in [0.05, 0.1) is 17.3 Å². The highest BCUT2D eigenvalue weighted by molar-refractivity contribution is 7.80. The van der Waals surface area contributed by atoms with E-state index in [1.54, 1.807) is 43.6 Å². The van der Waals surface area contributed by atoms with Crippen LogP contribution in [0.15, 0.2) is 65.2 Å². The minimum atomic E-state index is -0.996. The molecule has 31 heavy (non-hydrogen) atoms. The molecular weight excluding hydrogens is 414 g/mol. The van der Waals surface area contributed by atoms with E-state index >= 15 is 0 Å². The number of aromatic carboxylic acids is 1. The number of carboxylic acid groups (broad SMARTS) is 1. The number of ether oxygens (including phenoxy) is 1. The molecule has 1 aromatic carbocycles. The van der Waals surface area contributed by atoms with Gasteiger partial charge < -0.3 is 24.5 Å². The first-order valence-electron chi connectivity index (χ1n) is 9.99. The highest BCUT2D eigenvalue weighted by Crippen LogP contribution is 2.40. The van der Waals surface area contributed by atoms with Gasteiger partial charge in [-0.05, 0) is 49.0 Å². The number of rotatable bonds is 8. The number of pyridine rings is 1. The van der Waals surface area contributed by atoms with Crippen LogP contribution in [0.2, 0.25) is 0 Å². The van der Waals surface area contributed by atoms with Gasteiger partial charge in [0.1, 0.15) is 17.6 Å². The molecule has 0 unspecified atom stereocenters. The van der Waals surface area contributed by atoms with Crippen molar-refractivity contribution in [2.45, 2.75) is 18.5 Å². The normalized spacial score (nSPS) is 18.2. The van der Waals surface area contributed by atoms with Crippen LogP contribution in [-0.2, 0) is 4.74 Å². The van der Waals surface area contributed by atoms with Crippen molar-refractivity contribution in [2.75, 3.05) is 20.3 Å². The van der Waals surface area contributed by atoms with Gasteiger partial charge >= 0.3 is 5.97 Å². The highest BCUT2D eigenvalue weighted by Gasteiger charge is 2.41. The van der Waals surface area contributed by atoms with E-state index in [-0.39, 0.29) is 17.6 Å². The van der Waals surface area contributed by atoms with Crippen molar-refractivity contribution in [1.29, 1.82) is 0 Å². The summed E-state index contributed by atoms with van der Waals surface area (Å²) in [7, 11) is 1.67. The fourth-order valence-electron chi connectivity index (χ4n) is 3.88. The van der Waals surface area contributed by atoms with E-state index in [1.165, 1.54) is 0 Å². The number of nitrogens with zero attached hydrogens (tertiary/aromatic N) is 2. The zero-order chi connectivity index (χ0) is 21.8. The minimum absolute atomic E-state index is 0.190. The molecule has 0 aliphatic carbocycles. The Morgan fingerprint density at radius 1 is 1.23 bits per heavy atom. The molecule has 0 amide bonds. The number of thiocarbonyl (C=S) groups is 1. The van der Waals surface area contributed by atoms with Crippen molar-refractivity contribution in [3.05, 3.63) is 77.8 Å². The van der Waals surface area contributed by atoms with Crippen LogP contribution in [0.3, 0.4) is 0 Å². The van der Waals surface area contributed by atoms with Gasteiger partial charge in [-0.2, -0.15) is 0 Å². The Bertz CT molecular complexity index is 1070. The van der Waals surface area contributed by atoms with Gasteiger partial charge in [0.2, 0.25) is 0 Å². The molecule has 0 saturated carbocycles. The molecule has 7 nitrogen and oxygen atoms in total. The minimum Gasteiger partial charge on any atom is -0.478 e. The SMILES string of the molecule is COCCCN1C(=S)N[C@H](c2ccccn2)[C@H]1c1ccc(-c2ccccc2C(=O)O)o1. The van der Waals surface area contributed by atoms with E-state index in [0.29, 0.717) is 35.3 Å². The molecule has 3 heterocycles. The van der Waals surface area contributed by atoms with Gasteiger partial charge in [-0.15, -0.1) is 0 Å². The van der Waals surface area contributed by atoms with E-state index < -0.39 is 5.97 Å². The van der Waals surface area contributed by atoms with Gasteiger partial charge in [0, 0.05) is 32.0 Å². The number of nitrogens with one attached hydrogen (secondary N) is 1. The predicted molar refractivity (Wildman–Crippen MR) is 120 cm³/mol. The molecule has 4 rings (SSSR count). The number of carboxylic acids is 1. The molecule has 2 aromatic heterocycles. The van der Waals surface area contributed by atoms with E-state index in [4.69, 9.17) is 21.4 Å². The van der Waals surface area contributed by atoms with Crippen molar-refractivity contribution in [2.24, 2.45) is 0 Å². The van der Waals surface area contributed by atoms with Crippen molar-refractivity contribution in [1.82, 2.24) is 15.2 Å². The quantitative estimate of drug-likeness (QED) is 0.403. The summed E-state index contributed by atoms with van der Waals surface area (Å²) in [5, 5.41) is 13.5. The number of benzene rings is 1. The van der Waals surface area contributed by atoms with Crippen LogP contribution in [0.4, 0.5) is 0 Å². The monoisotopic (exact) mass is 437 g/mol. The summed E-state index contributed by atoms with van der Waals surface area (Å²) in [6.45, 7) is 1.31. The summed E-state index contributed by atoms with van der Waals surface area (Å²) in [4.78, 5) is 18.2. The summed E-state index contributed by atoms with van der Waals surface area (Å²) in [6.07, 6.45) is 2.56. The topological polar surface area (TPSA) is 87.8 Å². The summed E-state index contributed by atoms with van der Waals surface area (Å²) in [5.41, 5.74) is 1.59. The fraction of sp³-hybridized carbons (Fsp3) is 0.261. The predicted octanol–water partition coefficient (Wildman–Crippen LogP) is 4.05. The largest absolute Gasteiger partial charge is 0.478 e. The van der Waals surface area contributed by atoms with Gasteiger partial charge in [-0.25, -0.2) is 4.79 Å². The average molecular weight is 438 g/mol. The number of hydrogen-bond donors (Lipinski definition) is 2. The third-order valence-electron chi connectivity index (χ3n) is 5.29. The third kappa shape index (κ3) is 4.30. The molecular formula is C23H23N3O4S. The van der Waals surface area contributed by atoms with Gasteiger partial charge in [-0.1, -0.05) is 24.3 Å². The Morgan fingerprint density at radius 2 is 2.03 bits per heavy atom. The summed E-state index contributed by atoms with van der Waals surface area (Å²) in [5.74, 6) is 0.197. The molecule has 0 radical (unpaired) electrons. The second-order valence-corrected chi connectivity index (χ2v) is 7.61. The van der Waals surface area contributed by atoms with Gasteiger partial charge in [0.25, 0.3) is 0 Å². The Labute approximate surface area is 185 Å². The molecule has 2 atom stereocenters. The van der Waals surface area contributed by atoms with Crippen LogP contribution >= 0.6 is 12.2 Å². The third-order valence-corrected chi connectivity index (χ3v) is 5.64. The number of hydrogen-bond acceptors (Lipinski definition) is 5. The molecule has 1 aliphatic rings. The highest BCUT2D eigenvalue weighted by atomic mass is 32.1. The number of carbonyl (C=O) groups is 1. The van der Waals surface area contributed by atoms with Crippen LogP contribution in [0.5, 0.6) is 0 Å². The lowest BCUT2D eigenvalue weighted by molar-refractivity contribution is 0.0697. The Morgan fingerprint density at radius 3 is 2.77 bits per heavy atom. The first-order valence-corrected chi connectivity index (χ1v) is 10.4. The first kappa shape index (κ1) is 21.0. The van der Waals surface area contributed by atoms with Crippen LogP contribution in [0.1, 0.15) is 40.3 Å². The molecule has 0 spiro atoms. The lowest BCUT2D eigenvalue weighted by Crippen LogP contribution is -2.31. The van der Waals surface area contributed by atoms with Gasteiger partial charge in [-0.3, -0.25) is 4.98 Å². The molecule has 1 saturated heterocycles. The van der Waals surface area contributed by atoms with E-state index in [2.05, 4.69) is 15.2 Å². The molecule has 0 bridgehead atoms. The summed E-state index contributed by atoms with van der Waals surface area (Å²) >= 11 is 5.63. The maximum Gasteiger partial charge on any atom is 0.336 e. The lowest BCUT2D eigenvalue weighted by atomic mass is 10.0. The second-order valence-electron chi connectivity index (χ2n) is 7.22. The maximum absolute atomic E-state index is 11.6. The Hall–Kier alpha value is -3.23. The second kappa shape index (κ2) is 9.28. The molecule has 160 valence electrons. The van der Waals surface area contributed by atoms with Crippen molar-refractivity contribution < 1.29 is 19.1 Å². The summed E-state index contributed by atoms with van der Waals surface area (Å²) in [6, 6.07) is 15.9. The Balaban J connectivity index is 1.72. The standard InChI is InChI=1S/C23H23N3O4S/c1-29-14-6-13-26-21(20(25-23(26)31)17-9-4-5-12-24-17)19-11-10-18(30-19)15-7-2-3-8-16(15)22(27)28/h2-5,7-12,20-21H,6,13-14H2,1H3,(H,25,31)(H,27,28)/t20-,21-/m1/s1. The zero-order valence-corrected chi connectivity index (χ0v) is 17.8. The first-order chi connectivity index (χ1) is 15.1. The molecule has 8 heteroatoms. The summed E-state index contributed by atoms with van der Waals surface area (Å²) < 4.78 is 11.4. The van der Waals surface area contributed by atoms with Crippen molar-refractivity contribution >= 4 is 23.3 Å². The molecule has 3 aromatic rings. The van der Waals surface area contributed by atoms with Crippen LogP contribution in [0.25, 0.3) is 11.3 Å². The maximum atomic E-state index is 11.6. The smallest absolute Gasteiger partial charge is 0.336 e. The molecule has 2 N–H and O–H groups in total. The van der Waals surface area contributed by atoms with Crippen molar-refractivity contribution in [3.8, 4) is 11.3 Å². The van der Waals surface area contributed by atoms with Crippen LogP contribution in [0, 0.1) is 0 Å². The average Bonchev–Trinajstić information content (AvgIpc) is 3.39. The number of furan rings is 1. The molecule has 1 aliphatic heterocycles. The zero-order valence-electron chi connectivity index (χ0n) is 17.0. The van der Waals surface area contributed by atoms with Gasteiger partial charge in [0.15, 0.2) is 5.11 Å². The van der Waals surface area contributed by atoms with E-state index in [1.807, 2.05) is 24.3 Å². The van der Waals surface area contributed by atoms with Crippen molar-refractivity contribution in [3.63, 3.8) is 0 Å². The fourth-order valence-corrected chi connectivity index (χ4v) is 4.21. The Kier molecular flexibility index (Phi) is 6.29. The van der Waals surface area contributed by atoms with Crippen LogP contribution < -0.4 is 5.32 Å². The number of methoxy groups -OCH3 is 1. The van der Waals surface area contributed by atoms with Crippen LogP contribution in [-0.4, -0.2) is 46.3 Å². The molecule has 1 fully saturated rings.